The molecule has 1 amide bonds. The number of amides is 1. The van der Waals surface area contributed by atoms with E-state index in [2.05, 4.69) is 10.3 Å². The van der Waals surface area contributed by atoms with Crippen LogP contribution in [-0.2, 0) is 17.8 Å². The summed E-state index contributed by atoms with van der Waals surface area (Å²) in [4.78, 5) is 16.4. The highest BCUT2D eigenvalue weighted by atomic mass is 35.5. The number of nitrogens with one attached hydrogen (secondary N) is 1. The Morgan fingerprint density at radius 2 is 2.07 bits per heavy atom. The number of rotatable bonds is 5. The van der Waals surface area contributed by atoms with Gasteiger partial charge in [0, 0.05) is 18.9 Å². The third kappa shape index (κ3) is 4.19. The van der Waals surface area contributed by atoms with Gasteiger partial charge in [-0.2, -0.15) is 0 Å². The Balaban J connectivity index is 1.39. The van der Waals surface area contributed by atoms with Crippen LogP contribution in [0.5, 0.6) is 11.5 Å². The molecule has 0 radical (unpaired) electrons. The summed E-state index contributed by atoms with van der Waals surface area (Å²) in [5.74, 6) is 1.16. The number of benzene rings is 2. The average Bonchev–Trinajstić information content (AvgIpc) is 3.12. The second-order valence-electron chi connectivity index (χ2n) is 6.69. The molecule has 150 valence electrons. The third-order valence-corrected chi connectivity index (χ3v) is 4.89. The van der Waals surface area contributed by atoms with Gasteiger partial charge in [0.05, 0.1) is 17.1 Å². The molecule has 2 heterocycles. The summed E-state index contributed by atoms with van der Waals surface area (Å²) in [7, 11) is 0. The zero-order valence-electron chi connectivity index (χ0n) is 15.7. The van der Waals surface area contributed by atoms with E-state index in [0.717, 1.165) is 0 Å². The molecule has 6 nitrogen and oxygen atoms in total. The van der Waals surface area contributed by atoms with Crippen LogP contribution < -0.4 is 14.8 Å². The topological polar surface area (TPSA) is 65.4 Å². The summed E-state index contributed by atoms with van der Waals surface area (Å²) >= 11 is 6.20. The molecule has 2 aromatic carbocycles. The SMILES string of the molecule is Cc1nccn1-c1ccc(CNC(=O)Cc2cc(Cl)c3c(c2)OCCO3)cc1F. The van der Waals surface area contributed by atoms with Crippen LogP contribution in [0.15, 0.2) is 42.7 Å². The van der Waals surface area contributed by atoms with Crippen LogP contribution in [0.4, 0.5) is 4.39 Å². The molecule has 8 heteroatoms. The van der Waals surface area contributed by atoms with Gasteiger partial charge < -0.3 is 19.4 Å². The van der Waals surface area contributed by atoms with E-state index in [9.17, 15) is 9.18 Å². The average molecular weight is 416 g/mol. The van der Waals surface area contributed by atoms with Gasteiger partial charge in [-0.15, -0.1) is 0 Å². The van der Waals surface area contributed by atoms with Crippen molar-refractivity contribution in [1.29, 1.82) is 0 Å². The van der Waals surface area contributed by atoms with Crippen molar-refractivity contribution in [2.24, 2.45) is 0 Å². The standard InChI is InChI=1S/C21H19ClFN3O3/c1-13-24-4-5-26(13)18-3-2-14(9-17(18)23)12-25-20(27)11-15-8-16(22)21-19(10-15)28-6-7-29-21/h2-5,8-10H,6-7,11-12H2,1H3,(H,25,27). The van der Waals surface area contributed by atoms with E-state index in [1.165, 1.54) is 6.07 Å². The third-order valence-electron chi connectivity index (χ3n) is 4.61. The summed E-state index contributed by atoms with van der Waals surface area (Å²) in [5.41, 5.74) is 1.80. The first-order chi connectivity index (χ1) is 14.0. The molecule has 1 N–H and O–H groups in total. The predicted molar refractivity (Wildman–Crippen MR) is 106 cm³/mol. The van der Waals surface area contributed by atoms with Crippen LogP contribution in [0.25, 0.3) is 5.69 Å². The largest absolute Gasteiger partial charge is 0.486 e. The Labute approximate surface area is 172 Å². The number of fused-ring (bicyclic) bond motifs is 1. The molecule has 3 aromatic rings. The quantitative estimate of drug-likeness (QED) is 0.691. The molecule has 29 heavy (non-hydrogen) atoms. The Kier molecular flexibility index (Phi) is 5.40. The second-order valence-corrected chi connectivity index (χ2v) is 7.09. The zero-order valence-corrected chi connectivity index (χ0v) is 16.5. The minimum absolute atomic E-state index is 0.130. The first-order valence-corrected chi connectivity index (χ1v) is 9.52. The van der Waals surface area contributed by atoms with E-state index >= 15 is 0 Å². The molecular formula is C21H19ClFN3O3. The van der Waals surface area contributed by atoms with E-state index in [4.69, 9.17) is 21.1 Å². The molecule has 0 unspecified atom stereocenters. The zero-order chi connectivity index (χ0) is 20.4. The molecule has 0 spiro atoms. The lowest BCUT2D eigenvalue weighted by Gasteiger charge is -2.20. The highest BCUT2D eigenvalue weighted by Crippen LogP contribution is 2.38. The smallest absolute Gasteiger partial charge is 0.224 e. The van der Waals surface area contributed by atoms with E-state index in [-0.39, 0.29) is 24.7 Å². The highest BCUT2D eigenvalue weighted by Gasteiger charge is 2.17. The van der Waals surface area contributed by atoms with Gasteiger partial charge in [0.2, 0.25) is 5.91 Å². The van der Waals surface area contributed by atoms with Gasteiger partial charge in [-0.05, 0) is 42.3 Å². The molecule has 1 aliphatic rings. The van der Waals surface area contributed by atoms with Crippen molar-refractivity contribution < 1.29 is 18.7 Å². The molecule has 0 saturated heterocycles. The van der Waals surface area contributed by atoms with E-state index in [1.54, 1.807) is 48.1 Å². The number of nitrogens with zero attached hydrogens (tertiary/aromatic N) is 2. The maximum absolute atomic E-state index is 14.5. The normalized spacial score (nSPS) is 12.7. The Morgan fingerprint density at radius 3 is 2.83 bits per heavy atom. The molecule has 0 saturated carbocycles. The molecule has 0 fully saturated rings. The molecule has 0 aliphatic carbocycles. The van der Waals surface area contributed by atoms with Crippen molar-refractivity contribution in [3.8, 4) is 17.2 Å². The maximum atomic E-state index is 14.5. The second kappa shape index (κ2) is 8.13. The Morgan fingerprint density at radius 1 is 1.24 bits per heavy atom. The van der Waals surface area contributed by atoms with Crippen LogP contribution in [-0.4, -0.2) is 28.7 Å². The number of imidazole rings is 1. The molecule has 0 atom stereocenters. The molecule has 1 aromatic heterocycles. The molecule has 1 aliphatic heterocycles. The number of carbonyl (C=O) groups excluding carboxylic acids is 1. The number of ether oxygens (including phenoxy) is 2. The highest BCUT2D eigenvalue weighted by molar-refractivity contribution is 6.32. The van der Waals surface area contributed by atoms with Gasteiger partial charge in [-0.25, -0.2) is 9.37 Å². The minimum Gasteiger partial charge on any atom is -0.486 e. The Hall–Kier alpha value is -3.06. The van der Waals surface area contributed by atoms with E-state index in [0.29, 0.717) is 52.4 Å². The van der Waals surface area contributed by atoms with E-state index < -0.39 is 0 Å². The van der Waals surface area contributed by atoms with Crippen molar-refractivity contribution in [3.05, 3.63) is 70.5 Å². The van der Waals surface area contributed by atoms with Crippen LogP contribution >= 0.6 is 11.6 Å². The lowest BCUT2D eigenvalue weighted by Crippen LogP contribution is -2.25. The predicted octanol–water partition coefficient (Wildman–Crippen LogP) is 3.60. The summed E-state index contributed by atoms with van der Waals surface area (Å²) < 4.78 is 27.1. The van der Waals surface area contributed by atoms with Crippen molar-refractivity contribution in [2.75, 3.05) is 13.2 Å². The number of carbonyl (C=O) groups is 1. The monoisotopic (exact) mass is 415 g/mol. The summed E-state index contributed by atoms with van der Waals surface area (Å²) in [6, 6.07) is 8.31. The van der Waals surface area contributed by atoms with Gasteiger partial charge in [-0.3, -0.25) is 4.79 Å². The lowest BCUT2D eigenvalue weighted by molar-refractivity contribution is -0.120. The number of aryl methyl sites for hydroxylation is 1. The van der Waals surface area contributed by atoms with Gasteiger partial charge in [0.25, 0.3) is 0 Å². The van der Waals surface area contributed by atoms with Crippen LogP contribution in [0, 0.1) is 12.7 Å². The van der Waals surface area contributed by atoms with Crippen molar-refractivity contribution >= 4 is 17.5 Å². The summed E-state index contributed by atoms with van der Waals surface area (Å²) in [6.45, 7) is 2.91. The van der Waals surface area contributed by atoms with Gasteiger partial charge in [0.15, 0.2) is 11.5 Å². The number of hydrogen-bond donors (Lipinski definition) is 1. The lowest BCUT2D eigenvalue weighted by atomic mass is 10.1. The van der Waals surface area contributed by atoms with Crippen LogP contribution in [0.2, 0.25) is 5.02 Å². The van der Waals surface area contributed by atoms with Crippen LogP contribution in [0.1, 0.15) is 17.0 Å². The van der Waals surface area contributed by atoms with Gasteiger partial charge in [-0.1, -0.05) is 17.7 Å². The van der Waals surface area contributed by atoms with Gasteiger partial charge >= 0.3 is 0 Å². The van der Waals surface area contributed by atoms with E-state index in [1.807, 2.05) is 0 Å². The van der Waals surface area contributed by atoms with Crippen molar-refractivity contribution in [3.63, 3.8) is 0 Å². The Bertz CT molecular complexity index is 1070. The molecule has 0 bridgehead atoms. The van der Waals surface area contributed by atoms with Crippen LogP contribution in [0.3, 0.4) is 0 Å². The number of hydrogen-bond acceptors (Lipinski definition) is 4. The first-order valence-electron chi connectivity index (χ1n) is 9.15. The number of halogens is 2. The van der Waals surface area contributed by atoms with Crippen molar-refractivity contribution in [1.82, 2.24) is 14.9 Å². The molecular weight excluding hydrogens is 397 g/mol. The number of aromatic nitrogens is 2. The molecule has 4 rings (SSSR count). The summed E-state index contributed by atoms with van der Waals surface area (Å²) in [5, 5.41) is 3.21. The fourth-order valence-corrected chi connectivity index (χ4v) is 3.49. The fourth-order valence-electron chi connectivity index (χ4n) is 3.20. The fraction of sp³-hybridized carbons (Fsp3) is 0.238. The van der Waals surface area contributed by atoms with Gasteiger partial charge in [0.1, 0.15) is 24.9 Å². The summed E-state index contributed by atoms with van der Waals surface area (Å²) in [6.07, 6.45) is 3.45. The minimum atomic E-state index is -0.378. The van der Waals surface area contributed by atoms with Crippen molar-refractivity contribution in [2.45, 2.75) is 19.9 Å². The first kappa shape index (κ1) is 19.3. The maximum Gasteiger partial charge on any atom is 0.224 e.